The maximum absolute atomic E-state index is 10.7. The Morgan fingerprint density at radius 3 is 2.80 bits per heavy atom. The lowest BCUT2D eigenvalue weighted by Gasteiger charge is -2.34. The predicted molar refractivity (Wildman–Crippen MR) is 83.3 cm³/mol. The van der Waals surface area contributed by atoms with Gasteiger partial charge in [0.2, 0.25) is 0 Å². The number of hydrogen-bond acceptors (Lipinski definition) is 2. The van der Waals surface area contributed by atoms with E-state index >= 15 is 0 Å². The zero-order valence-electron chi connectivity index (χ0n) is 11.7. The number of carboxylic acid groups (broad SMARTS) is 1. The van der Waals surface area contributed by atoms with Crippen molar-refractivity contribution in [2.75, 3.05) is 18.0 Å². The molecular weight excluding hydrogens is 274 g/mol. The number of anilines is 1. The van der Waals surface area contributed by atoms with Crippen molar-refractivity contribution in [1.29, 1.82) is 0 Å². The zero-order chi connectivity index (χ0) is 14.5. The molecule has 1 N–H and O–H groups in total. The maximum Gasteiger partial charge on any atom is 0.328 e. The molecule has 0 aliphatic heterocycles. The Hall–Kier alpha value is -1.48. The van der Waals surface area contributed by atoms with Crippen LogP contribution in [0, 0.1) is 5.92 Å². The third kappa shape index (κ3) is 3.54. The van der Waals surface area contributed by atoms with Crippen molar-refractivity contribution in [3.8, 4) is 0 Å². The average molecular weight is 294 g/mol. The lowest BCUT2D eigenvalue weighted by Crippen LogP contribution is -2.33. The van der Waals surface area contributed by atoms with Gasteiger partial charge in [-0.15, -0.1) is 0 Å². The molecule has 0 radical (unpaired) electrons. The Morgan fingerprint density at radius 2 is 2.25 bits per heavy atom. The molecular formula is C16H20ClNO2. The SMILES string of the molecule is CCN(CC1CCC1)c1c(Cl)cccc1/C=C/C(=O)O. The second kappa shape index (κ2) is 6.80. The minimum atomic E-state index is -0.946. The summed E-state index contributed by atoms with van der Waals surface area (Å²) in [6, 6.07) is 5.62. The lowest BCUT2D eigenvalue weighted by molar-refractivity contribution is -0.131. The van der Waals surface area contributed by atoms with E-state index in [0.29, 0.717) is 5.02 Å². The van der Waals surface area contributed by atoms with Gasteiger partial charge in [0.1, 0.15) is 0 Å². The molecule has 1 aliphatic carbocycles. The molecule has 3 nitrogen and oxygen atoms in total. The van der Waals surface area contributed by atoms with Gasteiger partial charge < -0.3 is 10.0 Å². The van der Waals surface area contributed by atoms with Crippen molar-refractivity contribution in [3.05, 3.63) is 34.9 Å². The Balaban J connectivity index is 2.28. The second-order valence-corrected chi connectivity index (χ2v) is 5.59. The van der Waals surface area contributed by atoms with Crippen LogP contribution < -0.4 is 4.90 Å². The van der Waals surface area contributed by atoms with E-state index < -0.39 is 5.97 Å². The van der Waals surface area contributed by atoms with Gasteiger partial charge in [-0.2, -0.15) is 0 Å². The fraction of sp³-hybridized carbons (Fsp3) is 0.438. The van der Waals surface area contributed by atoms with Gasteiger partial charge in [0, 0.05) is 19.2 Å². The number of rotatable bonds is 6. The normalized spacial score (nSPS) is 15.3. The number of hydrogen-bond donors (Lipinski definition) is 1. The molecule has 0 aromatic heterocycles. The quantitative estimate of drug-likeness (QED) is 0.804. The van der Waals surface area contributed by atoms with Crippen molar-refractivity contribution in [2.24, 2.45) is 5.92 Å². The van der Waals surface area contributed by atoms with Crippen LogP contribution in [0.3, 0.4) is 0 Å². The zero-order valence-corrected chi connectivity index (χ0v) is 12.4. The molecule has 1 saturated carbocycles. The first-order chi connectivity index (χ1) is 9.61. The van der Waals surface area contributed by atoms with Crippen molar-refractivity contribution < 1.29 is 9.90 Å². The van der Waals surface area contributed by atoms with Gasteiger partial charge in [0.05, 0.1) is 10.7 Å². The molecule has 2 rings (SSSR count). The average Bonchev–Trinajstić information content (AvgIpc) is 2.36. The summed E-state index contributed by atoms with van der Waals surface area (Å²) in [6.07, 6.45) is 6.65. The van der Waals surface area contributed by atoms with Crippen molar-refractivity contribution in [3.63, 3.8) is 0 Å². The number of nitrogens with zero attached hydrogens (tertiary/aromatic N) is 1. The number of benzene rings is 1. The summed E-state index contributed by atoms with van der Waals surface area (Å²) in [6.45, 7) is 3.97. The highest BCUT2D eigenvalue weighted by Crippen LogP contribution is 2.34. The van der Waals surface area contributed by atoms with Gasteiger partial charge in [-0.1, -0.05) is 30.2 Å². The van der Waals surface area contributed by atoms with E-state index in [1.807, 2.05) is 18.2 Å². The second-order valence-electron chi connectivity index (χ2n) is 5.18. The Kier molecular flexibility index (Phi) is 5.07. The van der Waals surface area contributed by atoms with Crippen LogP contribution in [0.25, 0.3) is 6.08 Å². The summed E-state index contributed by atoms with van der Waals surface area (Å²) in [4.78, 5) is 13.0. The molecule has 0 amide bonds. The smallest absolute Gasteiger partial charge is 0.328 e. The largest absolute Gasteiger partial charge is 0.478 e. The number of halogens is 1. The molecule has 0 bridgehead atoms. The number of carboxylic acids is 1. The third-order valence-corrected chi connectivity index (χ3v) is 4.13. The summed E-state index contributed by atoms with van der Waals surface area (Å²) >= 11 is 6.34. The van der Waals surface area contributed by atoms with Crippen molar-refractivity contribution >= 4 is 29.3 Å². The van der Waals surface area contributed by atoms with Gasteiger partial charge in [-0.05, 0) is 43.4 Å². The van der Waals surface area contributed by atoms with Gasteiger partial charge in [0.15, 0.2) is 0 Å². The van der Waals surface area contributed by atoms with E-state index in [-0.39, 0.29) is 0 Å². The van der Waals surface area contributed by atoms with E-state index in [9.17, 15) is 4.79 Å². The molecule has 0 atom stereocenters. The van der Waals surface area contributed by atoms with Crippen LogP contribution >= 0.6 is 11.6 Å². The number of carbonyl (C=O) groups is 1. The first-order valence-electron chi connectivity index (χ1n) is 7.06. The van der Waals surface area contributed by atoms with E-state index in [1.165, 1.54) is 19.3 Å². The number of aliphatic carboxylic acids is 1. The Labute approximate surface area is 124 Å². The molecule has 4 heteroatoms. The molecule has 0 spiro atoms. The van der Waals surface area contributed by atoms with Gasteiger partial charge in [0.25, 0.3) is 0 Å². The van der Waals surface area contributed by atoms with Crippen LogP contribution in [0.4, 0.5) is 5.69 Å². The summed E-state index contributed by atoms with van der Waals surface area (Å²) in [5.41, 5.74) is 1.81. The molecule has 1 aromatic rings. The van der Waals surface area contributed by atoms with Crippen LogP contribution in [-0.2, 0) is 4.79 Å². The van der Waals surface area contributed by atoms with E-state index in [2.05, 4.69) is 11.8 Å². The van der Waals surface area contributed by atoms with Crippen LogP contribution in [0.2, 0.25) is 5.02 Å². The highest BCUT2D eigenvalue weighted by atomic mass is 35.5. The minimum absolute atomic E-state index is 0.679. The van der Waals surface area contributed by atoms with Crippen molar-refractivity contribution in [1.82, 2.24) is 0 Å². The molecule has 20 heavy (non-hydrogen) atoms. The molecule has 1 aromatic carbocycles. The Bertz CT molecular complexity index is 509. The first kappa shape index (κ1) is 14.9. The fourth-order valence-corrected chi connectivity index (χ4v) is 2.83. The van der Waals surface area contributed by atoms with Gasteiger partial charge >= 0.3 is 5.97 Å². The molecule has 1 aliphatic rings. The Morgan fingerprint density at radius 1 is 1.50 bits per heavy atom. The summed E-state index contributed by atoms with van der Waals surface area (Å²) in [5, 5.41) is 9.47. The summed E-state index contributed by atoms with van der Waals surface area (Å²) in [5.74, 6) is -0.208. The molecule has 108 valence electrons. The standard InChI is InChI=1S/C16H20ClNO2/c1-2-18(11-12-5-3-6-12)16-13(9-10-15(19)20)7-4-8-14(16)17/h4,7-10,12H,2-3,5-6,11H2,1H3,(H,19,20)/b10-9+. The highest BCUT2D eigenvalue weighted by Gasteiger charge is 2.22. The molecule has 0 saturated heterocycles. The third-order valence-electron chi connectivity index (χ3n) is 3.82. The van der Waals surface area contributed by atoms with Gasteiger partial charge in [-0.3, -0.25) is 0 Å². The lowest BCUT2D eigenvalue weighted by atomic mass is 9.85. The van der Waals surface area contributed by atoms with Crippen LogP contribution in [0.5, 0.6) is 0 Å². The molecule has 0 heterocycles. The van der Waals surface area contributed by atoms with Crippen LogP contribution in [0.15, 0.2) is 24.3 Å². The molecule has 1 fully saturated rings. The monoisotopic (exact) mass is 293 g/mol. The van der Waals surface area contributed by atoms with E-state index in [0.717, 1.165) is 36.3 Å². The summed E-state index contributed by atoms with van der Waals surface area (Å²) < 4.78 is 0. The highest BCUT2D eigenvalue weighted by molar-refractivity contribution is 6.33. The summed E-state index contributed by atoms with van der Waals surface area (Å²) in [7, 11) is 0. The predicted octanol–water partition coefficient (Wildman–Crippen LogP) is 4.06. The topological polar surface area (TPSA) is 40.5 Å². The van der Waals surface area contributed by atoms with Crippen molar-refractivity contribution in [2.45, 2.75) is 26.2 Å². The van der Waals surface area contributed by atoms with Gasteiger partial charge in [-0.25, -0.2) is 4.79 Å². The maximum atomic E-state index is 10.7. The van der Waals surface area contributed by atoms with E-state index in [1.54, 1.807) is 6.08 Å². The van der Waals surface area contributed by atoms with Crippen LogP contribution in [0.1, 0.15) is 31.7 Å². The first-order valence-corrected chi connectivity index (χ1v) is 7.44. The minimum Gasteiger partial charge on any atom is -0.478 e. The molecule has 0 unspecified atom stereocenters. The van der Waals surface area contributed by atoms with Crippen LogP contribution in [-0.4, -0.2) is 24.2 Å². The van der Waals surface area contributed by atoms with E-state index in [4.69, 9.17) is 16.7 Å². The fourth-order valence-electron chi connectivity index (χ4n) is 2.53. The number of para-hydroxylation sites is 1.